The predicted molar refractivity (Wildman–Crippen MR) is 142 cm³/mol. The first-order valence-corrected chi connectivity index (χ1v) is 15.1. The van der Waals surface area contributed by atoms with Crippen LogP contribution in [-0.4, -0.2) is 55.9 Å². The van der Waals surface area contributed by atoms with E-state index < -0.39 is 38.7 Å². The van der Waals surface area contributed by atoms with Crippen molar-refractivity contribution >= 4 is 27.9 Å². The number of nitrogens with two attached hydrogens (primary N) is 1. The second-order valence-corrected chi connectivity index (χ2v) is 11.8. The fraction of sp³-hybridized carbons (Fsp3) is 0.310. The van der Waals surface area contributed by atoms with Gasteiger partial charge in [0.15, 0.2) is 0 Å². The minimum atomic E-state index is -2.85. The fourth-order valence-corrected chi connectivity index (χ4v) is 6.35. The third-order valence-electron chi connectivity index (χ3n) is 6.83. The van der Waals surface area contributed by atoms with Gasteiger partial charge in [-0.05, 0) is 0 Å². The van der Waals surface area contributed by atoms with E-state index in [9.17, 15) is 18.8 Å². The number of allylic oxidation sites excluding steroid dienone is 2. The summed E-state index contributed by atoms with van der Waals surface area (Å²) in [5.41, 5.74) is 7.76. The van der Waals surface area contributed by atoms with E-state index in [4.69, 9.17) is 15.2 Å². The molecule has 3 aliphatic rings. The van der Waals surface area contributed by atoms with E-state index in [2.05, 4.69) is 29.5 Å². The summed E-state index contributed by atoms with van der Waals surface area (Å²) in [6, 6.07) is 11.1. The van der Waals surface area contributed by atoms with Crippen LogP contribution in [0.2, 0.25) is 0 Å². The van der Waals surface area contributed by atoms with Crippen LogP contribution < -0.4 is 42.8 Å². The Morgan fingerprint density at radius 3 is 2.88 bits per heavy atom. The number of aliphatic imine (C=N–C) groups is 1. The Balaban J connectivity index is 1.37. The van der Waals surface area contributed by atoms with Crippen molar-refractivity contribution < 1.29 is 44.3 Å². The number of alkyl halides is 2. The monoisotopic (exact) mass is 658 g/mol. The number of hydrogen-bond acceptors (Lipinski definition) is 7. The van der Waals surface area contributed by atoms with Crippen LogP contribution >= 0.6 is 0 Å². The van der Waals surface area contributed by atoms with Gasteiger partial charge in [0.05, 0.1) is 0 Å². The number of rotatable bonds is 7. The van der Waals surface area contributed by atoms with E-state index in [1.165, 1.54) is 6.21 Å². The molecule has 1 saturated heterocycles. The van der Waals surface area contributed by atoms with E-state index >= 15 is 0 Å². The zero-order valence-corrected chi connectivity index (χ0v) is 23.8. The summed E-state index contributed by atoms with van der Waals surface area (Å²) < 4.78 is 41.9. The molecule has 0 bridgehead atoms. The van der Waals surface area contributed by atoms with Gasteiger partial charge in [-0.2, -0.15) is 0 Å². The van der Waals surface area contributed by atoms with Crippen molar-refractivity contribution in [3.63, 3.8) is 0 Å². The van der Waals surface area contributed by atoms with Crippen LogP contribution in [0.25, 0.3) is 15.7 Å². The number of aromatic nitrogens is 1. The molecule has 0 saturated carbocycles. The predicted octanol–water partition coefficient (Wildman–Crippen LogP) is -1.27. The van der Waals surface area contributed by atoms with Crippen LogP contribution in [0.3, 0.4) is 0 Å². The fourth-order valence-electron chi connectivity index (χ4n) is 4.39. The second-order valence-electron chi connectivity index (χ2n) is 9.86. The summed E-state index contributed by atoms with van der Waals surface area (Å²) in [6.07, 6.45) is 0.358. The molecule has 0 unspecified atom stereocenters. The number of carbonyl (C=O) groups is 1. The number of nitrogens with one attached hydrogen (secondary N) is 1. The van der Waals surface area contributed by atoms with E-state index in [0.717, 1.165) is 21.9 Å². The number of halogens is 3. The Morgan fingerprint density at radius 1 is 1.32 bits per heavy atom. The van der Waals surface area contributed by atoms with Gasteiger partial charge in [0, 0.05) is 0 Å². The van der Waals surface area contributed by atoms with Gasteiger partial charge in [-0.25, -0.2) is 0 Å². The van der Waals surface area contributed by atoms with Crippen LogP contribution in [0.4, 0.5) is 8.78 Å². The Bertz CT molecular complexity index is 1590. The van der Waals surface area contributed by atoms with Crippen molar-refractivity contribution in [1.82, 2.24) is 10.3 Å². The van der Waals surface area contributed by atoms with Crippen LogP contribution in [0, 0.1) is 11.3 Å². The van der Waals surface area contributed by atoms with Crippen molar-refractivity contribution in [3.05, 3.63) is 78.6 Å². The molecule has 8 nitrogen and oxygen atoms in total. The van der Waals surface area contributed by atoms with Crippen molar-refractivity contribution in [2.75, 3.05) is 26.4 Å². The molecule has 1 aromatic carbocycles. The maximum atomic E-state index is 13.5. The van der Waals surface area contributed by atoms with Crippen molar-refractivity contribution in [2.45, 2.75) is 31.4 Å². The molecular formula is C29H27F2IN5O3-. The topological polar surface area (TPSA) is 123 Å². The molecule has 11 heteroatoms. The molecule has 208 valence electrons. The zero-order chi connectivity index (χ0) is 28.3. The van der Waals surface area contributed by atoms with Crippen LogP contribution in [0.5, 0.6) is 0 Å². The summed E-state index contributed by atoms with van der Waals surface area (Å²) in [5, 5.41) is 14.1. The number of carbonyl (C=O) groups excluding carboxylic acids is 1. The molecule has 5 rings (SSSR count). The number of nitrogens with zero attached hydrogens (tertiary/aromatic N) is 3. The third-order valence-corrected chi connectivity index (χ3v) is 9.02. The van der Waals surface area contributed by atoms with Crippen molar-refractivity contribution in [3.8, 4) is 6.07 Å². The molecule has 3 N–H and O–H groups in total. The average Bonchev–Trinajstić information content (AvgIpc) is 3.14. The second kappa shape index (κ2) is 12.0. The standard InChI is InChI=1S/C29H27F2IN5O3/c1-29(15-33)16-40-12-20-3-2-18(7-23(20)29)28(38)36-10-17-6-25-19(9-32-8-17)4-5-24(37-25)22(26(34)27(30)31)11-35-21-13-39-14-21/h2-9,11,21,27H,10,12-14,16,34H2,1H3,(H,36,38)/q-1/b26-22+,35-11?/t29-/m1/s1. The van der Waals surface area contributed by atoms with Crippen LogP contribution in [-0.2, 0) is 21.5 Å². The number of fused-ring (bicyclic) bond motifs is 2. The third kappa shape index (κ3) is 5.99. The number of ether oxygens (including phenoxy) is 2. The molecule has 1 atom stereocenters. The molecule has 0 aliphatic carbocycles. The van der Waals surface area contributed by atoms with Crippen LogP contribution in [0.1, 0.15) is 34.1 Å². The summed E-state index contributed by atoms with van der Waals surface area (Å²) >= 11 is -0.468. The van der Waals surface area contributed by atoms with Gasteiger partial charge in [0.25, 0.3) is 0 Å². The van der Waals surface area contributed by atoms with Gasteiger partial charge >= 0.3 is 241 Å². The molecule has 40 heavy (non-hydrogen) atoms. The first-order valence-electron chi connectivity index (χ1n) is 12.6. The Kier molecular flexibility index (Phi) is 8.39. The molecular weight excluding hydrogens is 631 g/mol. The number of pyridine rings is 1. The SMILES string of the molecule is C[C@@]1(C#N)COCc2ccc(C(=O)NCC3=C[I-]C=c4ccc(/C(C=NC5COC5)=C(/N)C(F)F)nc4=C3)cc21. The molecule has 0 spiro atoms. The summed E-state index contributed by atoms with van der Waals surface area (Å²) in [5.74, 6) is -0.261. The van der Waals surface area contributed by atoms with E-state index in [1.807, 2.05) is 18.2 Å². The van der Waals surface area contributed by atoms with Gasteiger partial charge in [0.1, 0.15) is 0 Å². The van der Waals surface area contributed by atoms with Gasteiger partial charge < -0.3 is 0 Å². The van der Waals surface area contributed by atoms with E-state index in [0.29, 0.717) is 36.4 Å². The zero-order valence-electron chi connectivity index (χ0n) is 21.7. The van der Waals surface area contributed by atoms with Crippen molar-refractivity contribution in [1.29, 1.82) is 5.26 Å². The Morgan fingerprint density at radius 2 is 2.15 bits per heavy atom. The minimum absolute atomic E-state index is 0.0815. The van der Waals surface area contributed by atoms with Gasteiger partial charge in [-0.3, -0.25) is 0 Å². The molecule has 1 aromatic heterocycles. The van der Waals surface area contributed by atoms with Gasteiger partial charge in [-0.15, -0.1) is 0 Å². The Hall–Kier alpha value is -3.47. The average molecular weight is 658 g/mol. The number of nitriles is 1. The van der Waals surface area contributed by atoms with E-state index in [1.54, 1.807) is 25.1 Å². The summed E-state index contributed by atoms with van der Waals surface area (Å²) in [7, 11) is 0. The number of amides is 1. The van der Waals surface area contributed by atoms with Crippen molar-refractivity contribution in [2.24, 2.45) is 10.7 Å². The first kappa shape index (κ1) is 28.1. The molecule has 1 amide bonds. The van der Waals surface area contributed by atoms with Crippen LogP contribution in [0.15, 0.2) is 50.7 Å². The van der Waals surface area contributed by atoms with Gasteiger partial charge in [-0.1, -0.05) is 0 Å². The number of benzene rings is 1. The van der Waals surface area contributed by atoms with E-state index in [-0.39, 0.29) is 30.7 Å². The molecule has 1 fully saturated rings. The summed E-state index contributed by atoms with van der Waals surface area (Å²) in [4.78, 5) is 22.0. The molecule has 4 heterocycles. The quantitative estimate of drug-likeness (QED) is 0.283. The molecule has 3 aliphatic heterocycles. The van der Waals surface area contributed by atoms with Gasteiger partial charge in [0.2, 0.25) is 0 Å². The molecule has 0 radical (unpaired) electrons. The summed E-state index contributed by atoms with van der Waals surface area (Å²) in [6.45, 7) is 3.64. The Labute approximate surface area is 240 Å². The number of hydrogen-bond donors (Lipinski definition) is 2. The maximum absolute atomic E-state index is 13.5. The normalized spacial score (nSPS) is 21.2. The first-order chi connectivity index (χ1) is 19.3. The molecule has 2 aromatic rings.